The molecule has 0 aromatic carbocycles. The summed E-state index contributed by atoms with van der Waals surface area (Å²) in [7, 11) is 0. The third-order valence-corrected chi connectivity index (χ3v) is 1.52. The van der Waals surface area contributed by atoms with Gasteiger partial charge in [-0.1, -0.05) is 13.0 Å². The van der Waals surface area contributed by atoms with Crippen molar-refractivity contribution < 1.29 is 0 Å². The second-order valence-corrected chi connectivity index (χ2v) is 2.10. The van der Waals surface area contributed by atoms with Crippen molar-refractivity contribution in [2.45, 2.75) is 26.4 Å². The molecule has 0 aromatic heterocycles. The van der Waals surface area contributed by atoms with E-state index in [1.54, 1.807) is 0 Å². The van der Waals surface area contributed by atoms with E-state index in [0.717, 1.165) is 6.42 Å². The minimum atomic E-state index is -0.0694. The first-order valence-electron chi connectivity index (χ1n) is 3.60. The zero-order valence-electron chi connectivity index (χ0n) is 6.72. The molecule has 0 aliphatic carbocycles. The molecule has 0 heterocycles. The molecular formula is C7H17N3. The summed E-state index contributed by atoms with van der Waals surface area (Å²) in [5.74, 6) is 0. The Morgan fingerprint density at radius 1 is 1.70 bits per heavy atom. The lowest BCUT2D eigenvalue weighted by atomic mass is 10.1. The third kappa shape index (κ3) is 2.96. The van der Waals surface area contributed by atoms with Gasteiger partial charge in [0.1, 0.15) is 0 Å². The van der Waals surface area contributed by atoms with Crippen molar-refractivity contribution in [1.82, 2.24) is 5.32 Å². The molecular weight excluding hydrogens is 126 g/mol. The van der Waals surface area contributed by atoms with E-state index in [-0.39, 0.29) is 6.17 Å². The van der Waals surface area contributed by atoms with Crippen LogP contribution in [-0.4, -0.2) is 12.8 Å². The Morgan fingerprint density at radius 3 is 2.60 bits per heavy atom. The van der Waals surface area contributed by atoms with Gasteiger partial charge in [-0.05, 0) is 18.9 Å². The van der Waals surface area contributed by atoms with E-state index in [0.29, 0.717) is 6.67 Å². The van der Waals surface area contributed by atoms with Gasteiger partial charge in [0.15, 0.2) is 0 Å². The molecule has 0 bridgehead atoms. The standard InChI is InChI=1S/C7H17N3/c1-3-6(4-2)7(9)10-5-8/h3,7,10H,4-5,8-9H2,1-2H3/b6-3+. The highest BCUT2D eigenvalue weighted by molar-refractivity contribution is 5.06. The molecule has 0 saturated carbocycles. The highest BCUT2D eigenvalue weighted by Gasteiger charge is 2.02. The minimum Gasteiger partial charge on any atom is -0.318 e. The zero-order valence-corrected chi connectivity index (χ0v) is 6.72. The molecule has 1 unspecified atom stereocenters. The molecule has 0 amide bonds. The maximum Gasteiger partial charge on any atom is 0.0778 e. The molecule has 0 fully saturated rings. The number of rotatable bonds is 4. The molecule has 60 valence electrons. The first kappa shape index (κ1) is 9.62. The van der Waals surface area contributed by atoms with Crippen LogP contribution in [0, 0.1) is 0 Å². The smallest absolute Gasteiger partial charge is 0.0778 e. The van der Waals surface area contributed by atoms with Gasteiger partial charge >= 0.3 is 0 Å². The van der Waals surface area contributed by atoms with E-state index >= 15 is 0 Å². The summed E-state index contributed by atoms with van der Waals surface area (Å²) in [5, 5.41) is 2.93. The van der Waals surface area contributed by atoms with Crippen LogP contribution in [0.3, 0.4) is 0 Å². The predicted octanol–water partition coefficient (Wildman–Crippen LogP) is 0.133. The number of allylic oxidation sites excluding steroid dienone is 1. The molecule has 3 nitrogen and oxygen atoms in total. The van der Waals surface area contributed by atoms with Gasteiger partial charge in [-0.2, -0.15) is 0 Å². The SMILES string of the molecule is C/C=C(\CC)C(N)NCN. The first-order chi connectivity index (χ1) is 4.76. The van der Waals surface area contributed by atoms with Crippen molar-refractivity contribution in [3.63, 3.8) is 0 Å². The van der Waals surface area contributed by atoms with E-state index < -0.39 is 0 Å². The minimum absolute atomic E-state index is 0.0694. The van der Waals surface area contributed by atoms with Crippen LogP contribution in [0.15, 0.2) is 11.6 Å². The molecule has 0 aliphatic rings. The Labute approximate surface area is 62.5 Å². The summed E-state index contributed by atoms with van der Waals surface area (Å²) in [6, 6.07) is 0. The van der Waals surface area contributed by atoms with Crippen LogP contribution in [0.2, 0.25) is 0 Å². The summed E-state index contributed by atoms with van der Waals surface area (Å²) in [4.78, 5) is 0. The molecule has 0 aromatic rings. The van der Waals surface area contributed by atoms with Gasteiger partial charge in [-0.15, -0.1) is 0 Å². The fourth-order valence-electron chi connectivity index (χ4n) is 0.862. The monoisotopic (exact) mass is 143 g/mol. The Bertz CT molecular complexity index is 109. The number of nitrogens with one attached hydrogen (secondary N) is 1. The fraction of sp³-hybridized carbons (Fsp3) is 0.714. The van der Waals surface area contributed by atoms with Crippen molar-refractivity contribution in [2.24, 2.45) is 11.5 Å². The van der Waals surface area contributed by atoms with Gasteiger partial charge in [0.05, 0.1) is 6.17 Å². The van der Waals surface area contributed by atoms with Crippen LogP contribution in [0.4, 0.5) is 0 Å². The van der Waals surface area contributed by atoms with Gasteiger partial charge in [-0.25, -0.2) is 0 Å². The van der Waals surface area contributed by atoms with Crippen LogP contribution in [0.1, 0.15) is 20.3 Å². The van der Waals surface area contributed by atoms with Crippen LogP contribution < -0.4 is 16.8 Å². The molecule has 3 heteroatoms. The van der Waals surface area contributed by atoms with Crippen LogP contribution in [0.5, 0.6) is 0 Å². The van der Waals surface area contributed by atoms with E-state index in [1.807, 2.05) is 13.0 Å². The summed E-state index contributed by atoms with van der Waals surface area (Å²) < 4.78 is 0. The average Bonchev–Trinajstić information content (AvgIpc) is 1.91. The molecule has 0 saturated heterocycles. The zero-order chi connectivity index (χ0) is 7.98. The molecule has 5 N–H and O–H groups in total. The van der Waals surface area contributed by atoms with Gasteiger partial charge < -0.3 is 11.5 Å². The normalized spacial score (nSPS) is 15.4. The Balaban J connectivity index is 3.77. The van der Waals surface area contributed by atoms with E-state index in [4.69, 9.17) is 11.5 Å². The number of hydrogen-bond acceptors (Lipinski definition) is 3. The molecule has 0 spiro atoms. The average molecular weight is 143 g/mol. The molecule has 0 rings (SSSR count). The topological polar surface area (TPSA) is 64.1 Å². The quantitative estimate of drug-likeness (QED) is 0.387. The highest BCUT2D eigenvalue weighted by atomic mass is 15.1. The van der Waals surface area contributed by atoms with E-state index in [9.17, 15) is 0 Å². The van der Waals surface area contributed by atoms with Crippen molar-refractivity contribution in [3.8, 4) is 0 Å². The number of hydrogen-bond donors (Lipinski definition) is 3. The van der Waals surface area contributed by atoms with E-state index in [1.165, 1.54) is 5.57 Å². The summed E-state index contributed by atoms with van der Waals surface area (Å²) in [6.07, 6.45) is 2.93. The third-order valence-electron chi connectivity index (χ3n) is 1.52. The largest absolute Gasteiger partial charge is 0.318 e. The lowest BCUT2D eigenvalue weighted by Crippen LogP contribution is -2.41. The Morgan fingerprint density at radius 2 is 2.30 bits per heavy atom. The van der Waals surface area contributed by atoms with Crippen molar-refractivity contribution in [2.75, 3.05) is 6.67 Å². The second kappa shape index (κ2) is 5.41. The predicted molar refractivity (Wildman–Crippen MR) is 44.2 cm³/mol. The lowest BCUT2D eigenvalue weighted by Gasteiger charge is -2.14. The molecule has 0 aliphatic heterocycles. The van der Waals surface area contributed by atoms with Gasteiger partial charge in [0.25, 0.3) is 0 Å². The second-order valence-electron chi connectivity index (χ2n) is 2.10. The fourth-order valence-corrected chi connectivity index (χ4v) is 0.862. The molecule has 1 atom stereocenters. The summed E-state index contributed by atoms with van der Waals surface area (Å²) >= 11 is 0. The highest BCUT2D eigenvalue weighted by Crippen LogP contribution is 2.01. The molecule has 0 radical (unpaired) electrons. The van der Waals surface area contributed by atoms with Crippen LogP contribution in [0.25, 0.3) is 0 Å². The van der Waals surface area contributed by atoms with Crippen molar-refractivity contribution in [1.29, 1.82) is 0 Å². The van der Waals surface area contributed by atoms with Crippen LogP contribution >= 0.6 is 0 Å². The van der Waals surface area contributed by atoms with Crippen molar-refractivity contribution in [3.05, 3.63) is 11.6 Å². The van der Waals surface area contributed by atoms with Gasteiger partial charge in [0.2, 0.25) is 0 Å². The first-order valence-corrected chi connectivity index (χ1v) is 3.60. The van der Waals surface area contributed by atoms with E-state index in [2.05, 4.69) is 12.2 Å². The number of nitrogens with two attached hydrogens (primary N) is 2. The van der Waals surface area contributed by atoms with Crippen molar-refractivity contribution >= 4 is 0 Å². The van der Waals surface area contributed by atoms with Gasteiger partial charge in [0, 0.05) is 6.67 Å². The summed E-state index contributed by atoms with van der Waals surface area (Å²) in [6.45, 7) is 4.49. The maximum absolute atomic E-state index is 5.69. The Kier molecular flexibility index (Phi) is 5.20. The summed E-state index contributed by atoms with van der Waals surface area (Å²) in [5.41, 5.74) is 12.1. The van der Waals surface area contributed by atoms with Gasteiger partial charge in [-0.3, -0.25) is 5.32 Å². The maximum atomic E-state index is 5.69. The van der Waals surface area contributed by atoms with Crippen LogP contribution in [-0.2, 0) is 0 Å². The lowest BCUT2D eigenvalue weighted by molar-refractivity contribution is 0.586. The molecule has 10 heavy (non-hydrogen) atoms. The Hall–Kier alpha value is -0.380.